The van der Waals surface area contributed by atoms with E-state index in [4.69, 9.17) is 4.74 Å². The minimum atomic E-state index is -0.496. The molecule has 4 rings (SSSR count). The molecule has 1 amide bonds. The number of carbonyl (C=O) groups is 1. The van der Waals surface area contributed by atoms with Gasteiger partial charge in [0.05, 0.1) is 17.5 Å². The van der Waals surface area contributed by atoms with Crippen molar-refractivity contribution in [3.63, 3.8) is 0 Å². The van der Waals surface area contributed by atoms with Crippen molar-refractivity contribution in [1.29, 1.82) is 0 Å². The molecule has 8 heteroatoms. The van der Waals surface area contributed by atoms with Crippen molar-refractivity contribution in [3.8, 4) is 16.9 Å². The Labute approximate surface area is 170 Å². The number of aromatic nitrogens is 1. The minimum absolute atomic E-state index is 0.0643. The Morgan fingerprint density at radius 3 is 2.67 bits per heavy atom. The van der Waals surface area contributed by atoms with Crippen molar-refractivity contribution in [2.24, 2.45) is 0 Å². The molecule has 0 spiro atoms. The number of rotatable bonds is 5. The number of nitro benzene ring substituents is 1. The van der Waals surface area contributed by atoms with Crippen LogP contribution in [0.25, 0.3) is 22.0 Å². The van der Waals surface area contributed by atoms with Crippen molar-refractivity contribution in [2.75, 3.05) is 12.4 Å². The van der Waals surface area contributed by atoms with Crippen LogP contribution in [0.2, 0.25) is 0 Å². The highest BCUT2D eigenvalue weighted by atomic mass is 19.1. The fourth-order valence-corrected chi connectivity index (χ4v) is 3.17. The highest BCUT2D eigenvalue weighted by molar-refractivity contribution is 6.06. The summed E-state index contributed by atoms with van der Waals surface area (Å²) in [5.41, 5.74) is 2.14. The zero-order chi connectivity index (χ0) is 21.3. The first-order valence-electron chi connectivity index (χ1n) is 8.97. The molecule has 0 radical (unpaired) electrons. The second kappa shape index (κ2) is 7.67. The molecule has 2 N–H and O–H groups in total. The molecule has 0 saturated carbocycles. The normalized spacial score (nSPS) is 10.7. The molecular formula is C22H16FN3O4. The summed E-state index contributed by atoms with van der Waals surface area (Å²) >= 11 is 0. The number of carbonyl (C=O) groups excluding carboxylic acids is 1. The summed E-state index contributed by atoms with van der Waals surface area (Å²) in [6.07, 6.45) is 0. The van der Waals surface area contributed by atoms with E-state index < -0.39 is 16.6 Å². The molecule has 0 bridgehead atoms. The van der Waals surface area contributed by atoms with Crippen LogP contribution < -0.4 is 10.1 Å². The number of H-pyrrole nitrogens is 1. The van der Waals surface area contributed by atoms with E-state index in [0.29, 0.717) is 33.5 Å². The summed E-state index contributed by atoms with van der Waals surface area (Å²) in [5.74, 6) is -0.434. The van der Waals surface area contributed by atoms with Crippen molar-refractivity contribution in [3.05, 3.63) is 88.4 Å². The van der Waals surface area contributed by atoms with Gasteiger partial charge in [0.1, 0.15) is 17.3 Å². The first-order valence-corrected chi connectivity index (χ1v) is 8.97. The predicted molar refractivity (Wildman–Crippen MR) is 111 cm³/mol. The maximum absolute atomic E-state index is 14.4. The summed E-state index contributed by atoms with van der Waals surface area (Å²) in [5, 5.41) is 14.4. The van der Waals surface area contributed by atoms with Crippen LogP contribution in [0.1, 0.15) is 10.5 Å². The van der Waals surface area contributed by atoms with Gasteiger partial charge in [-0.2, -0.15) is 0 Å². The van der Waals surface area contributed by atoms with Gasteiger partial charge >= 0.3 is 0 Å². The number of aromatic amines is 1. The van der Waals surface area contributed by atoms with Crippen LogP contribution in [0.3, 0.4) is 0 Å². The third kappa shape index (κ3) is 3.70. The number of hydrogen-bond acceptors (Lipinski definition) is 4. The highest BCUT2D eigenvalue weighted by Crippen LogP contribution is 2.28. The van der Waals surface area contributed by atoms with Gasteiger partial charge in [-0.05, 0) is 42.0 Å². The molecule has 0 fully saturated rings. The van der Waals surface area contributed by atoms with Crippen molar-refractivity contribution in [1.82, 2.24) is 4.98 Å². The van der Waals surface area contributed by atoms with Crippen LogP contribution in [0.15, 0.2) is 66.7 Å². The molecule has 150 valence electrons. The summed E-state index contributed by atoms with van der Waals surface area (Å²) in [7, 11) is 1.47. The molecule has 3 aromatic carbocycles. The number of fused-ring (bicyclic) bond motifs is 1. The lowest BCUT2D eigenvalue weighted by atomic mass is 10.0. The quantitative estimate of drug-likeness (QED) is 0.355. The van der Waals surface area contributed by atoms with Crippen LogP contribution >= 0.6 is 0 Å². The van der Waals surface area contributed by atoms with E-state index >= 15 is 0 Å². The summed E-state index contributed by atoms with van der Waals surface area (Å²) < 4.78 is 19.4. The molecule has 0 aliphatic heterocycles. The largest absolute Gasteiger partial charge is 0.497 e. The fraction of sp³-hybridized carbons (Fsp3) is 0.0455. The Balaban J connectivity index is 1.59. The van der Waals surface area contributed by atoms with Crippen LogP contribution in [0.4, 0.5) is 15.8 Å². The molecule has 0 atom stereocenters. The van der Waals surface area contributed by atoms with Crippen molar-refractivity contribution in [2.45, 2.75) is 0 Å². The second-order valence-corrected chi connectivity index (χ2v) is 6.59. The fourth-order valence-electron chi connectivity index (χ4n) is 3.17. The number of methoxy groups -OCH3 is 1. The van der Waals surface area contributed by atoms with Gasteiger partial charge in [-0.25, -0.2) is 4.39 Å². The Bertz CT molecular complexity index is 1280. The van der Waals surface area contributed by atoms with Gasteiger partial charge in [0.2, 0.25) is 0 Å². The zero-order valence-corrected chi connectivity index (χ0v) is 15.8. The van der Waals surface area contributed by atoms with Gasteiger partial charge in [0.25, 0.3) is 11.6 Å². The Morgan fingerprint density at radius 2 is 1.93 bits per heavy atom. The van der Waals surface area contributed by atoms with Crippen LogP contribution in [0, 0.1) is 15.9 Å². The lowest BCUT2D eigenvalue weighted by molar-refractivity contribution is -0.384. The first-order chi connectivity index (χ1) is 14.4. The van der Waals surface area contributed by atoms with E-state index in [-0.39, 0.29) is 11.4 Å². The van der Waals surface area contributed by atoms with Gasteiger partial charge in [0.15, 0.2) is 0 Å². The maximum Gasteiger partial charge on any atom is 0.272 e. The Morgan fingerprint density at radius 1 is 1.10 bits per heavy atom. The van der Waals surface area contributed by atoms with Crippen LogP contribution in [-0.4, -0.2) is 22.9 Å². The summed E-state index contributed by atoms with van der Waals surface area (Å²) in [6.45, 7) is 0. The average molecular weight is 405 g/mol. The second-order valence-electron chi connectivity index (χ2n) is 6.59. The minimum Gasteiger partial charge on any atom is -0.497 e. The van der Waals surface area contributed by atoms with Gasteiger partial charge < -0.3 is 15.0 Å². The third-order valence-electron chi connectivity index (χ3n) is 4.67. The van der Waals surface area contributed by atoms with E-state index in [1.807, 2.05) is 0 Å². The summed E-state index contributed by atoms with van der Waals surface area (Å²) in [6, 6.07) is 17.3. The molecule has 0 saturated heterocycles. The van der Waals surface area contributed by atoms with Gasteiger partial charge in [-0.1, -0.05) is 12.1 Å². The third-order valence-corrected chi connectivity index (χ3v) is 4.67. The number of nitrogens with one attached hydrogen (secondary N) is 2. The number of anilines is 1. The molecule has 0 unspecified atom stereocenters. The zero-order valence-electron chi connectivity index (χ0n) is 15.8. The van der Waals surface area contributed by atoms with E-state index in [9.17, 15) is 19.3 Å². The Kier molecular flexibility index (Phi) is 4.89. The number of hydrogen-bond donors (Lipinski definition) is 2. The van der Waals surface area contributed by atoms with Gasteiger partial charge in [0, 0.05) is 34.8 Å². The molecule has 4 aromatic rings. The number of benzene rings is 3. The number of halogens is 1. The topological polar surface area (TPSA) is 97.3 Å². The van der Waals surface area contributed by atoms with Gasteiger partial charge in [-0.3, -0.25) is 14.9 Å². The molecule has 1 aromatic heterocycles. The first kappa shape index (κ1) is 19.1. The van der Waals surface area contributed by atoms with Crippen LogP contribution in [0.5, 0.6) is 5.75 Å². The molecule has 0 aliphatic rings. The SMILES string of the molecule is COc1ccc(-c2cccc(NC(=O)c3cc4ccc([N+](=O)[O-])cc4[nH]3)c2)c(F)c1. The lowest BCUT2D eigenvalue weighted by Crippen LogP contribution is -2.12. The molecule has 1 heterocycles. The lowest BCUT2D eigenvalue weighted by Gasteiger charge is -2.09. The maximum atomic E-state index is 14.4. The molecule has 30 heavy (non-hydrogen) atoms. The van der Waals surface area contributed by atoms with E-state index in [1.54, 1.807) is 48.5 Å². The highest BCUT2D eigenvalue weighted by Gasteiger charge is 2.14. The number of amides is 1. The number of non-ortho nitro benzene ring substituents is 1. The van der Waals surface area contributed by atoms with Crippen molar-refractivity contribution < 1.29 is 18.8 Å². The monoisotopic (exact) mass is 405 g/mol. The smallest absolute Gasteiger partial charge is 0.272 e. The molecule has 7 nitrogen and oxygen atoms in total. The van der Waals surface area contributed by atoms with E-state index in [2.05, 4.69) is 10.3 Å². The van der Waals surface area contributed by atoms with Crippen molar-refractivity contribution >= 4 is 28.2 Å². The number of nitro groups is 1. The van der Waals surface area contributed by atoms with E-state index in [1.165, 1.54) is 25.3 Å². The standard InChI is InChI=1S/C22H16FN3O4/c1-30-17-7-8-18(19(23)12-17)13-3-2-4-15(9-13)24-22(27)21-10-14-5-6-16(26(28)29)11-20(14)25-21/h2-12,25H,1H3,(H,24,27). The number of nitrogens with zero attached hydrogens (tertiary/aromatic N) is 1. The predicted octanol–water partition coefficient (Wildman–Crippen LogP) is 5.14. The van der Waals surface area contributed by atoms with Crippen LogP contribution in [-0.2, 0) is 0 Å². The Hall–Kier alpha value is -4.20. The van der Waals surface area contributed by atoms with E-state index in [0.717, 1.165) is 0 Å². The molecule has 0 aliphatic carbocycles. The summed E-state index contributed by atoms with van der Waals surface area (Å²) in [4.78, 5) is 25.9. The molecular weight excluding hydrogens is 389 g/mol. The van der Waals surface area contributed by atoms with Gasteiger partial charge in [-0.15, -0.1) is 0 Å². The average Bonchev–Trinajstić information content (AvgIpc) is 3.17. The number of ether oxygens (including phenoxy) is 1.